The summed E-state index contributed by atoms with van der Waals surface area (Å²) < 4.78 is 12.0. The summed E-state index contributed by atoms with van der Waals surface area (Å²) in [7, 11) is 0. The highest BCUT2D eigenvalue weighted by Crippen LogP contribution is 2.42. The monoisotopic (exact) mass is 509 g/mol. The fraction of sp³-hybridized carbons (Fsp3) is 0.556. The summed E-state index contributed by atoms with van der Waals surface area (Å²) in [4.78, 5) is 30.4. The average molecular weight is 510 g/mol. The number of likely N-dealkylation sites (tertiary alicyclic amines) is 2. The Hall–Kier alpha value is -3.40. The number of aromatic nitrogens is 2. The van der Waals surface area contributed by atoms with Gasteiger partial charge >= 0.3 is 5.97 Å². The van der Waals surface area contributed by atoms with Gasteiger partial charge in [0.2, 0.25) is 0 Å². The summed E-state index contributed by atoms with van der Waals surface area (Å²) in [6.45, 7) is 10.6. The number of carbonyl (C=O) groups is 1. The third-order valence-corrected chi connectivity index (χ3v) is 7.58. The van der Waals surface area contributed by atoms with E-state index in [4.69, 9.17) is 14.3 Å². The molecule has 2 aromatic rings. The molecule has 1 N–H and O–H groups in total. The maximum Gasteiger partial charge on any atom is 0.309 e. The smallest absolute Gasteiger partial charge is 0.309 e. The van der Waals surface area contributed by atoms with Gasteiger partial charge in [-0.3, -0.25) is 9.69 Å². The zero-order chi connectivity index (χ0) is 26.0. The molecule has 0 saturated carbocycles. The third kappa shape index (κ3) is 5.07. The Balaban J connectivity index is 1.23. The van der Waals surface area contributed by atoms with Gasteiger partial charge in [-0.25, -0.2) is 9.97 Å². The molecule has 1 aromatic carbocycles. The SMILES string of the molecule is CCOc1cc(CN2CC3(CC(N4CCC(C)(C(=O)O)CC4)=NO3)C2)cc(OCC)c1-c1cncnc1. The van der Waals surface area contributed by atoms with Crippen LogP contribution in [0.15, 0.2) is 36.0 Å². The lowest BCUT2D eigenvalue weighted by Gasteiger charge is -2.45. The van der Waals surface area contributed by atoms with Crippen molar-refractivity contribution in [2.24, 2.45) is 10.6 Å². The zero-order valence-corrected chi connectivity index (χ0v) is 21.8. The van der Waals surface area contributed by atoms with Crippen molar-refractivity contribution >= 4 is 11.8 Å². The molecule has 4 heterocycles. The molecular formula is C27H35N5O5. The van der Waals surface area contributed by atoms with Gasteiger partial charge in [0, 0.05) is 50.7 Å². The van der Waals surface area contributed by atoms with Crippen molar-refractivity contribution in [1.82, 2.24) is 19.8 Å². The Morgan fingerprint density at radius 2 is 1.70 bits per heavy atom. The van der Waals surface area contributed by atoms with Crippen LogP contribution >= 0.6 is 0 Å². The van der Waals surface area contributed by atoms with Crippen molar-refractivity contribution in [3.8, 4) is 22.6 Å². The molecule has 0 amide bonds. The summed E-state index contributed by atoms with van der Waals surface area (Å²) in [6, 6.07) is 4.15. The van der Waals surface area contributed by atoms with Crippen molar-refractivity contribution in [3.05, 3.63) is 36.4 Å². The van der Waals surface area contributed by atoms with E-state index in [9.17, 15) is 9.90 Å². The molecule has 0 bridgehead atoms. The largest absolute Gasteiger partial charge is 0.493 e. The fourth-order valence-corrected chi connectivity index (χ4v) is 5.44. The third-order valence-electron chi connectivity index (χ3n) is 7.58. The summed E-state index contributed by atoms with van der Waals surface area (Å²) in [6.07, 6.45) is 7.05. The highest BCUT2D eigenvalue weighted by molar-refractivity contribution is 5.85. The molecule has 0 radical (unpaired) electrons. The second-order valence-corrected chi connectivity index (χ2v) is 10.4. The van der Waals surface area contributed by atoms with Crippen LogP contribution in [-0.2, 0) is 16.2 Å². The molecule has 1 aromatic heterocycles. The summed E-state index contributed by atoms with van der Waals surface area (Å²) >= 11 is 0. The molecule has 0 atom stereocenters. The molecule has 0 aliphatic carbocycles. The van der Waals surface area contributed by atoms with Gasteiger partial charge in [-0.15, -0.1) is 0 Å². The van der Waals surface area contributed by atoms with Crippen LogP contribution in [-0.4, -0.2) is 81.7 Å². The van der Waals surface area contributed by atoms with E-state index in [1.54, 1.807) is 12.4 Å². The number of carboxylic acids is 1. The van der Waals surface area contributed by atoms with Gasteiger partial charge in [-0.1, -0.05) is 5.16 Å². The number of amidine groups is 1. The van der Waals surface area contributed by atoms with Crippen molar-refractivity contribution in [2.75, 3.05) is 39.4 Å². The standard InChI is InChI=1S/C27H35N5O5/c1-4-35-21-10-19(11-22(36-5-2)24(21)20-13-28-18-29-14-20)15-31-16-27(17-31)12-23(30-37-27)32-8-6-26(3,7-9-32)25(33)34/h10-11,13-14,18H,4-9,12,15-17H2,1-3H3,(H,33,34). The van der Waals surface area contributed by atoms with Gasteiger partial charge in [-0.2, -0.15) is 0 Å². The number of aliphatic carboxylic acids is 1. The molecule has 10 nitrogen and oxygen atoms in total. The second kappa shape index (κ2) is 10.2. The van der Waals surface area contributed by atoms with Crippen LogP contribution in [0.1, 0.15) is 45.6 Å². The normalized spacial score (nSPS) is 20.2. The predicted molar refractivity (Wildman–Crippen MR) is 138 cm³/mol. The number of ether oxygens (including phenoxy) is 2. The molecule has 37 heavy (non-hydrogen) atoms. The number of oxime groups is 1. The van der Waals surface area contributed by atoms with Crippen LogP contribution in [0.5, 0.6) is 11.5 Å². The molecule has 5 rings (SSSR count). The van der Waals surface area contributed by atoms with Crippen molar-refractivity contribution in [2.45, 2.75) is 52.2 Å². The molecule has 0 unspecified atom stereocenters. The van der Waals surface area contributed by atoms with E-state index >= 15 is 0 Å². The lowest BCUT2D eigenvalue weighted by atomic mass is 9.80. The van der Waals surface area contributed by atoms with E-state index in [0.717, 1.165) is 60.1 Å². The van der Waals surface area contributed by atoms with Crippen LogP contribution in [0, 0.1) is 5.41 Å². The van der Waals surface area contributed by atoms with Crippen LogP contribution in [0.2, 0.25) is 0 Å². The fourth-order valence-electron chi connectivity index (χ4n) is 5.44. The van der Waals surface area contributed by atoms with E-state index in [1.807, 2.05) is 20.8 Å². The Kier molecular flexibility index (Phi) is 6.94. The van der Waals surface area contributed by atoms with Crippen LogP contribution in [0.3, 0.4) is 0 Å². The summed E-state index contributed by atoms with van der Waals surface area (Å²) in [5, 5.41) is 13.9. The highest BCUT2D eigenvalue weighted by atomic mass is 16.7. The highest BCUT2D eigenvalue weighted by Gasteiger charge is 2.51. The van der Waals surface area contributed by atoms with Crippen molar-refractivity contribution in [1.29, 1.82) is 0 Å². The number of carboxylic acid groups (broad SMARTS) is 1. The molecule has 1 spiro atoms. The maximum absolute atomic E-state index is 11.6. The minimum Gasteiger partial charge on any atom is -0.493 e. The topological polar surface area (TPSA) is 110 Å². The van der Waals surface area contributed by atoms with Gasteiger partial charge < -0.3 is 24.3 Å². The molecule has 10 heteroatoms. The molecule has 2 saturated heterocycles. The number of hydrogen-bond acceptors (Lipinski definition) is 9. The number of nitrogens with zero attached hydrogens (tertiary/aromatic N) is 5. The van der Waals surface area contributed by atoms with Gasteiger partial charge in [0.05, 0.1) is 30.6 Å². The van der Waals surface area contributed by atoms with Gasteiger partial charge in [0.25, 0.3) is 0 Å². The first-order chi connectivity index (χ1) is 17.8. The van der Waals surface area contributed by atoms with Crippen molar-refractivity contribution < 1.29 is 24.2 Å². The van der Waals surface area contributed by atoms with Gasteiger partial charge in [-0.05, 0) is 51.3 Å². The molecular weight excluding hydrogens is 474 g/mol. The lowest BCUT2D eigenvalue weighted by molar-refractivity contribution is -0.150. The van der Waals surface area contributed by atoms with E-state index in [-0.39, 0.29) is 5.60 Å². The van der Waals surface area contributed by atoms with Crippen LogP contribution in [0.25, 0.3) is 11.1 Å². The minimum atomic E-state index is -0.715. The van der Waals surface area contributed by atoms with E-state index in [1.165, 1.54) is 6.33 Å². The van der Waals surface area contributed by atoms with Gasteiger partial charge in [0.15, 0.2) is 5.60 Å². The van der Waals surface area contributed by atoms with E-state index in [2.05, 4.69) is 37.1 Å². The Morgan fingerprint density at radius 3 is 2.27 bits per heavy atom. The first kappa shape index (κ1) is 25.3. The van der Waals surface area contributed by atoms with Gasteiger partial charge in [0.1, 0.15) is 23.7 Å². The number of piperidine rings is 1. The Morgan fingerprint density at radius 1 is 1.08 bits per heavy atom. The van der Waals surface area contributed by atoms with Crippen LogP contribution < -0.4 is 9.47 Å². The summed E-state index contributed by atoms with van der Waals surface area (Å²) in [5.41, 5.74) is 1.88. The number of hydrogen-bond donors (Lipinski definition) is 1. The first-order valence-corrected chi connectivity index (χ1v) is 13.0. The minimum absolute atomic E-state index is 0.296. The lowest BCUT2D eigenvalue weighted by Crippen LogP contribution is -2.61. The zero-order valence-electron chi connectivity index (χ0n) is 21.8. The Bertz CT molecular complexity index is 1130. The van der Waals surface area contributed by atoms with E-state index in [0.29, 0.717) is 39.1 Å². The first-order valence-electron chi connectivity index (χ1n) is 13.0. The molecule has 3 aliphatic heterocycles. The quantitative estimate of drug-likeness (QED) is 0.572. The van der Waals surface area contributed by atoms with E-state index < -0.39 is 11.4 Å². The van der Waals surface area contributed by atoms with Crippen LogP contribution in [0.4, 0.5) is 0 Å². The maximum atomic E-state index is 11.6. The summed E-state index contributed by atoms with van der Waals surface area (Å²) in [5.74, 6) is 1.75. The van der Waals surface area contributed by atoms with Crippen molar-refractivity contribution in [3.63, 3.8) is 0 Å². The Labute approximate surface area is 217 Å². The molecule has 3 aliphatic rings. The average Bonchev–Trinajstić information content (AvgIpc) is 3.31. The number of rotatable bonds is 8. The predicted octanol–water partition coefficient (Wildman–Crippen LogP) is 3.42. The molecule has 2 fully saturated rings. The second-order valence-electron chi connectivity index (χ2n) is 10.4. The number of benzene rings is 1. The molecule has 198 valence electrons.